The number of carbonyl (C=O) groups excluding carboxylic acids is 2. The summed E-state index contributed by atoms with van der Waals surface area (Å²) < 4.78 is 0. The average Bonchev–Trinajstić information content (AvgIpc) is 2.55. The number of carbonyl (C=O) groups is 2. The van der Waals surface area contributed by atoms with Crippen molar-refractivity contribution in [2.75, 3.05) is 16.4 Å². The van der Waals surface area contributed by atoms with Crippen LogP contribution >= 0.6 is 23.4 Å². The van der Waals surface area contributed by atoms with Crippen LogP contribution in [0.3, 0.4) is 0 Å². The minimum absolute atomic E-state index is 0.104. The van der Waals surface area contributed by atoms with Crippen LogP contribution in [0.2, 0.25) is 5.02 Å². The summed E-state index contributed by atoms with van der Waals surface area (Å²) in [5.41, 5.74) is 0.856. The highest BCUT2D eigenvalue weighted by Gasteiger charge is 2.11. The zero-order valence-electron chi connectivity index (χ0n) is 13.1. The summed E-state index contributed by atoms with van der Waals surface area (Å²) in [7, 11) is 0. The third-order valence-corrected chi connectivity index (χ3v) is 4.31. The van der Waals surface area contributed by atoms with Crippen LogP contribution in [0.5, 0.6) is 0 Å². The van der Waals surface area contributed by atoms with Crippen LogP contribution in [-0.2, 0) is 9.59 Å². The number of rotatable bonds is 6. The van der Waals surface area contributed by atoms with Gasteiger partial charge < -0.3 is 10.6 Å². The van der Waals surface area contributed by atoms with Crippen LogP contribution in [0.15, 0.2) is 47.4 Å². The van der Waals surface area contributed by atoms with Gasteiger partial charge in [0.15, 0.2) is 0 Å². The Hall–Kier alpha value is -2.58. The maximum atomic E-state index is 12.0. The number of nitro groups is 1. The molecule has 0 radical (unpaired) electrons. The molecule has 2 aromatic rings. The average molecular weight is 380 g/mol. The largest absolute Gasteiger partial charge is 0.326 e. The highest BCUT2D eigenvalue weighted by Crippen LogP contribution is 2.27. The Balaban J connectivity index is 1.90. The van der Waals surface area contributed by atoms with Crippen LogP contribution in [0, 0.1) is 10.1 Å². The molecule has 0 spiro atoms. The second-order valence-electron chi connectivity index (χ2n) is 4.96. The van der Waals surface area contributed by atoms with E-state index >= 15 is 0 Å². The summed E-state index contributed by atoms with van der Waals surface area (Å²) in [6.07, 6.45) is 0. The van der Waals surface area contributed by atoms with Gasteiger partial charge in [0, 0.05) is 29.6 Å². The van der Waals surface area contributed by atoms with E-state index in [0.29, 0.717) is 11.4 Å². The number of anilines is 2. The fraction of sp³-hybridized carbons (Fsp3) is 0.125. The summed E-state index contributed by atoms with van der Waals surface area (Å²) in [5.74, 6) is -0.293. The van der Waals surface area contributed by atoms with E-state index in [2.05, 4.69) is 10.6 Å². The lowest BCUT2D eigenvalue weighted by molar-refractivity contribution is -0.384. The fourth-order valence-electron chi connectivity index (χ4n) is 1.89. The Morgan fingerprint density at radius 3 is 2.40 bits per heavy atom. The van der Waals surface area contributed by atoms with Crippen LogP contribution in [-0.4, -0.2) is 22.5 Å². The molecule has 2 amide bonds. The van der Waals surface area contributed by atoms with E-state index < -0.39 is 4.92 Å². The van der Waals surface area contributed by atoms with Crippen molar-refractivity contribution in [1.82, 2.24) is 0 Å². The number of amides is 2. The predicted molar refractivity (Wildman–Crippen MR) is 98.2 cm³/mol. The minimum atomic E-state index is -0.558. The highest BCUT2D eigenvalue weighted by molar-refractivity contribution is 8.00. The molecule has 0 fully saturated rings. The van der Waals surface area contributed by atoms with Gasteiger partial charge in [-0.05, 0) is 30.3 Å². The number of nitrogens with zero attached hydrogens (tertiary/aromatic N) is 1. The molecular weight excluding hydrogens is 366 g/mol. The first-order valence-electron chi connectivity index (χ1n) is 7.09. The summed E-state index contributed by atoms with van der Waals surface area (Å²) in [4.78, 5) is 33.9. The molecular formula is C16H14ClN3O4S. The first-order valence-corrected chi connectivity index (χ1v) is 8.46. The lowest BCUT2D eigenvalue weighted by Gasteiger charge is -2.07. The van der Waals surface area contributed by atoms with Gasteiger partial charge in [0.05, 0.1) is 21.4 Å². The monoisotopic (exact) mass is 379 g/mol. The van der Waals surface area contributed by atoms with Gasteiger partial charge in [0.1, 0.15) is 0 Å². The van der Waals surface area contributed by atoms with E-state index in [0.717, 1.165) is 4.90 Å². The molecule has 7 nitrogen and oxygen atoms in total. The van der Waals surface area contributed by atoms with Gasteiger partial charge in [0.2, 0.25) is 11.8 Å². The molecule has 25 heavy (non-hydrogen) atoms. The van der Waals surface area contributed by atoms with Crippen LogP contribution < -0.4 is 10.6 Å². The lowest BCUT2D eigenvalue weighted by atomic mass is 10.3. The van der Waals surface area contributed by atoms with E-state index in [1.807, 2.05) is 0 Å². The molecule has 0 bridgehead atoms. The number of non-ortho nitro benzene ring substituents is 1. The van der Waals surface area contributed by atoms with Crippen molar-refractivity contribution in [3.05, 3.63) is 57.6 Å². The number of benzene rings is 2. The van der Waals surface area contributed by atoms with Crippen LogP contribution in [0.1, 0.15) is 6.92 Å². The maximum absolute atomic E-state index is 12.0. The standard InChI is InChI=1S/C16H14ClN3O4S/c1-10(21)18-11-2-5-13(6-3-11)25-9-16(22)19-15-7-4-12(20(23)24)8-14(15)17/h2-8H,9H2,1H3,(H,18,21)(H,19,22). The van der Waals surface area contributed by atoms with Gasteiger partial charge in [-0.15, -0.1) is 11.8 Å². The number of hydrogen-bond donors (Lipinski definition) is 2. The SMILES string of the molecule is CC(=O)Nc1ccc(SCC(=O)Nc2ccc([N+](=O)[O-])cc2Cl)cc1. The summed E-state index contributed by atoms with van der Waals surface area (Å²) in [6, 6.07) is 10.9. The van der Waals surface area contributed by atoms with Gasteiger partial charge in [-0.25, -0.2) is 0 Å². The molecule has 0 saturated carbocycles. The van der Waals surface area contributed by atoms with Crippen molar-refractivity contribution >= 4 is 52.2 Å². The van der Waals surface area contributed by atoms with Crippen molar-refractivity contribution in [3.63, 3.8) is 0 Å². The Morgan fingerprint density at radius 1 is 1.16 bits per heavy atom. The molecule has 9 heteroatoms. The Kier molecular flexibility index (Phi) is 6.37. The number of hydrogen-bond acceptors (Lipinski definition) is 5. The van der Waals surface area contributed by atoms with E-state index in [1.165, 1.54) is 36.9 Å². The first kappa shape index (κ1) is 18.8. The Morgan fingerprint density at radius 2 is 1.84 bits per heavy atom. The molecule has 2 N–H and O–H groups in total. The molecule has 0 aliphatic carbocycles. The fourth-order valence-corrected chi connectivity index (χ4v) is 2.81. The molecule has 130 valence electrons. The normalized spacial score (nSPS) is 10.2. The molecule has 0 aliphatic rings. The van der Waals surface area contributed by atoms with E-state index in [1.54, 1.807) is 24.3 Å². The molecule has 0 aliphatic heterocycles. The summed E-state index contributed by atoms with van der Waals surface area (Å²) >= 11 is 7.25. The number of thioether (sulfide) groups is 1. The number of halogens is 1. The third-order valence-electron chi connectivity index (χ3n) is 2.98. The lowest BCUT2D eigenvalue weighted by Crippen LogP contribution is -2.14. The predicted octanol–water partition coefficient (Wildman–Crippen LogP) is 3.94. The zero-order valence-corrected chi connectivity index (χ0v) is 14.7. The quantitative estimate of drug-likeness (QED) is 0.449. The molecule has 2 aromatic carbocycles. The van der Waals surface area contributed by atoms with Gasteiger partial charge in [-0.2, -0.15) is 0 Å². The first-order chi connectivity index (χ1) is 11.8. The van der Waals surface area contributed by atoms with E-state index in [-0.39, 0.29) is 28.3 Å². The molecule has 2 rings (SSSR count). The van der Waals surface area contributed by atoms with Crippen LogP contribution in [0.25, 0.3) is 0 Å². The van der Waals surface area contributed by atoms with E-state index in [9.17, 15) is 19.7 Å². The van der Waals surface area contributed by atoms with Crippen molar-refractivity contribution in [2.24, 2.45) is 0 Å². The molecule has 0 aromatic heterocycles. The zero-order chi connectivity index (χ0) is 18.4. The molecule has 0 saturated heterocycles. The molecule has 0 unspecified atom stereocenters. The maximum Gasteiger partial charge on any atom is 0.271 e. The number of nitro benzene ring substituents is 1. The topological polar surface area (TPSA) is 101 Å². The van der Waals surface area contributed by atoms with Crippen molar-refractivity contribution in [1.29, 1.82) is 0 Å². The minimum Gasteiger partial charge on any atom is -0.326 e. The van der Waals surface area contributed by atoms with Crippen molar-refractivity contribution in [3.8, 4) is 0 Å². The third kappa shape index (κ3) is 5.77. The smallest absolute Gasteiger partial charge is 0.271 e. The van der Waals surface area contributed by atoms with Gasteiger partial charge >= 0.3 is 0 Å². The summed E-state index contributed by atoms with van der Waals surface area (Å²) in [6.45, 7) is 1.43. The van der Waals surface area contributed by atoms with Crippen molar-refractivity contribution in [2.45, 2.75) is 11.8 Å². The van der Waals surface area contributed by atoms with Crippen LogP contribution in [0.4, 0.5) is 17.1 Å². The second-order valence-corrected chi connectivity index (χ2v) is 6.42. The van der Waals surface area contributed by atoms with Gasteiger partial charge in [0.25, 0.3) is 5.69 Å². The number of nitrogens with one attached hydrogen (secondary N) is 2. The van der Waals surface area contributed by atoms with Gasteiger partial charge in [-0.3, -0.25) is 19.7 Å². The Bertz CT molecular complexity index is 812. The van der Waals surface area contributed by atoms with Gasteiger partial charge in [-0.1, -0.05) is 11.6 Å². The molecule has 0 atom stereocenters. The summed E-state index contributed by atoms with van der Waals surface area (Å²) in [5, 5.41) is 16.0. The molecule has 0 heterocycles. The highest BCUT2D eigenvalue weighted by atomic mass is 35.5. The van der Waals surface area contributed by atoms with Crippen molar-refractivity contribution < 1.29 is 14.5 Å². The second kappa shape index (κ2) is 8.50. The van der Waals surface area contributed by atoms with E-state index in [4.69, 9.17) is 11.6 Å². The Labute approximate surface area is 152 Å².